The molecule has 2 aliphatic heterocycles. The highest BCUT2D eigenvalue weighted by Gasteiger charge is 2.31. The number of hydrogen-bond acceptors (Lipinski definition) is 6. The SMILES string of the molecule is O=C(Nc1ccc(CNc2nc(N3CCCC3)nc3ccc(C(F)(F)F)cc23)cc1)C1CCN(Cc2ccc(F)cc2)CC1. The van der Waals surface area contributed by atoms with Crippen molar-refractivity contribution in [2.75, 3.05) is 41.7 Å². The molecule has 4 aromatic rings. The molecule has 0 spiro atoms. The molecule has 1 amide bonds. The van der Waals surface area contributed by atoms with Gasteiger partial charge in [0.25, 0.3) is 0 Å². The number of aromatic nitrogens is 2. The third-order valence-electron chi connectivity index (χ3n) is 8.36. The Labute approximate surface area is 253 Å². The predicted octanol–water partition coefficient (Wildman–Crippen LogP) is 6.85. The average molecular weight is 607 g/mol. The van der Waals surface area contributed by atoms with E-state index in [2.05, 4.69) is 30.4 Å². The summed E-state index contributed by atoms with van der Waals surface area (Å²) < 4.78 is 53.6. The largest absolute Gasteiger partial charge is 0.416 e. The second-order valence-corrected chi connectivity index (χ2v) is 11.5. The van der Waals surface area contributed by atoms with Gasteiger partial charge < -0.3 is 15.5 Å². The molecule has 0 atom stereocenters. The molecule has 44 heavy (non-hydrogen) atoms. The number of nitrogens with zero attached hydrogens (tertiary/aromatic N) is 4. The van der Waals surface area contributed by atoms with Gasteiger partial charge in [0.15, 0.2) is 0 Å². The number of rotatable bonds is 8. The number of fused-ring (bicyclic) bond motifs is 1. The zero-order chi connectivity index (χ0) is 30.7. The number of halogens is 4. The van der Waals surface area contributed by atoms with E-state index < -0.39 is 11.7 Å². The van der Waals surface area contributed by atoms with Crippen LogP contribution in [0.4, 0.5) is 35.0 Å². The Balaban J connectivity index is 1.07. The highest BCUT2D eigenvalue weighted by Crippen LogP contribution is 2.34. The van der Waals surface area contributed by atoms with Crippen LogP contribution in [0.15, 0.2) is 66.7 Å². The Morgan fingerprint density at radius 2 is 1.55 bits per heavy atom. The second kappa shape index (κ2) is 12.8. The number of carbonyl (C=O) groups is 1. The van der Waals surface area contributed by atoms with Crippen molar-refractivity contribution in [1.29, 1.82) is 0 Å². The molecule has 11 heteroatoms. The summed E-state index contributed by atoms with van der Waals surface area (Å²) in [6.45, 7) is 4.28. The zero-order valence-electron chi connectivity index (χ0n) is 24.2. The number of carbonyl (C=O) groups excluding carboxylic acids is 1. The molecule has 0 unspecified atom stereocenters. The fourth-order valence-corrected chi connectivity index (χ4v) is 5.82. The summed E-state index contributed by atoms with van der Waals surface area (Å²) >= 11 is 0. The van der Waals surface area contributed by atoms with E-state index in [1.165, 1.54) is 18.2 Å². The molecule has 2 N–H and O–H groups in total. The Bertz CT molecular complexity index is 1600. The first-order chi connectivity index (χ1) is 21.2. The van der Waals surface area contributed by atoms with Crippen molar-refractivity contribution in [3.63, 3.8) is 0 Å². The molecule has 0 saturated carbocycles. The topological polar surface area (TPSA) is 73.4 Å². The van der Waals surface area contributed by atoms with Crippen molar-refractivity contribution < 1.29 is 22.4 Å². The first-order valence-electron chi connectivity index (χ1n) is 15.0. The number of nitrogens with one attached hydrogen (secondary N) is 2. The smallest absolute Gasteiger partial charge is 0.365 e. The number of benzene rings is 3. The van der Waals surface area contributed by atoms with Crippen molar-refractivity contribution in [3.05, 3.63) is 89.2 Å². The fraction of sp³-hybridized carbons (Fsp3) is 0.364. The first kappa shape index (κ1) is 29.8. The van der Waals surface area contributed by atoms with Gasteiger partial charge in [-0.1, -0.05) is 24.3 Å². The van der Waals surface area contributed by atoms with E-state index in [1.807, 2.05) is 24.3 Å². The summed E-state index contributed by atoms with van der Waals surface area (Å²) in [6.07, 6.45) is -0.928. The molecule has 0 aliphatic carbocycles. The van der Waals surface area contributed by atoms with Crippen LogP contribution in [0.1, 0.15) is 42.4 Å². The Morgan fingerprint density at radius 1 is 0.864 bits per heavy atom. The van der Waals surface area contributed by atoms with E-state index in [0.717, 1.165) is 81.7 Å². The molecule has 2 saturated heterocycles. The number of piperidine rings is 1. The summed E-state index contributed by atoms with van der Waals surface area (Å²) in [4.78, 5) is 26.4. The molecule has 6 rings (SSSR count). The van der Waals surface area contributed by atoms with E-state index in [9.17, 15) is 22.4 Å². The monoisotopic (exact) mass is 606 g/mol. The highest BCUT2D eigenvalue weighted by atomic mass is 19.4. The zero-order valence-corrected chi connectivity index (χ0v) is 24.2. The lowest BCUT2D eigenvalue weighted by molar-refractivity contribution is -0.137. The molecule has 2 fully saturated rings. The molecule has 7 nitrogen and oxygen atoms in total. The molecular formula is C33H34F4N6O. The van der Waals surface area contributed by atoms with Crippen LogP contribution in [0.25, 0.3) is 10.9 Å². The van der Waals surface area contributed by atoms with Crippen LogP contribution >= 0.6 is 0 Å². The minimum atomic E-state index is -4.47. The summed E-state index contributed by atoms with van der Waals surface area (Å²) in [7, 11) is 0. The van der Waals surface area contributed by atoms with E-state index in [0.29, 0.717) is 34.9 Å². The van der Waals surface area contributed by atoms with Gasteiger partial charge in [0.05, 0.1) is 11.1 Å². The number of alkyl halides is 3. The minimum Gasteiger partial charge on any atom is -0.365 e. The van der Waals surface area contributed by atoms with E-state index >= 15 is 0 Å². The average Bonchev–Trinajstić information content (AvgIpc) is 3.57. The number of hydrogen-bond donors (Lipinski definition) is 2. The molecule has 0 radical (unpaired) electrons. The van der Waals surface area contributed by atoms with Crippen molar-refractivity contribution in [2.24, 2.45) is 5.92 Å². The Hall–Kier alpha value is -4.25. The van der Waals surface area contributed by atoms with Crippen LogP contribution < -0.4 is 15.5 Å². The second-order valence-electron chi connectivity index (χ2n) is 11.5. The number of anilines is 3. The normalized spacial score (nSPS) is 16.4. The van der Waals surface area contributed by atoms with Crippen LogP contribution in [0, 0.1) is 11.7 Å². The lowest BCUT2D eigenvalue weighted by Crippen LogP contribution is -2.37. The fourth-order valence-electron chi connectivity index (χ4n) is 5.82. The van der Waals surface area contributed by atoms with Gasteiger partial charge in [-0.05, 0) is 92.4 Å². The van der Waals surface area contributed by atoms with Crippen LogP contribution in [-0.4, -0.2) is 47.0 Å². The summed E-state index contributed by atoms with van der Waals surface area (Å²) in [5.74, 6) is 0.517. The molecule has 2 aliphatic rings. The lowest BCUT2D eigenvalue weighted by Gasteiger charge is -2.31. The quantitative estimate of drug-likeness (QED) is 0.214. The van der Waals surface area contributed by atoms with Crippen molar-refractivity contribution in [3.8, 4) is 0 Å². The van der Waals surface area contributed by atoms with Gasteiger partial charge in [-0.25, -0.2) is 9.37 Å². The van der Waals surface area contributed by atoms with Crippen LogP contribution in [-0.2, 0) is 24.1 Å². The van der Waals surface area contributed by atoms with Crippen LogP contribution in [0.5, 0.6) is 0 Å². The van der Waals surface area contributed by atoms with Crippen molar-refractivity contribution >= 4 is 34.3 Å². The van der Waals surface area contributed by atoms with E-state index in [-0.39, 0.29) is 17.6 Å². The third kappa shape index (κ3) is 7.10. The molecule has 1 aromatic heterocycles. The third-order valence-corrected chi connectivity index (χ3v) is 8.36. The van der Waals surface area contributed by atoms with Gasteiger partial charge in [0.1, 0.15) is 11.6 Å². The van der Waals surface area contributed by atoms with Crippen LogP contribution in [0.3, 0.4) is 0 Å². The summed E-state index contributed by atoms with van der Waals surface area (Å²) in [5.41, 5.74) is 2.33. The number of amides is 1. The highest BCUT2D eigenvalue weighted by molar-refractivity contribution is 5.93. The van der Waals surface area contributed by atoms with Gasteiger partial charge in [-0.2, -0.15) is 18.2 Å². The van der Waals surface area contributed by atoms with Crippen LogP contribution in [0.2, 0.25) is 0 Å². The van der Waals surface area contributed by atoms with Gasteiger partial charge in [-0.15, -0.1) is 0 Å². The standard InChI is InChI=1S/C33H34F4N6O/c34-26-8-3-23(4-9-26)21-42-17-13-24(14-18-42)31(44)39-27-10-5-22(6-11-27)20-38-30-28-19-25(33(35,36)37)7-12-29(28)40-32(41-30)43-15-1-2-16-43/h3-12,19,24H,1-2,13-18,20-21H2,(H,39,44)(H,38,40,41). The maximum absolute atomic E-state index is 13.5. The molecular weight excluding hydrogens is 572 g/mol. The van der Waals surface area contributed by atoms with E-state index in [1.54, 1.807) is 12.1 Å². The molecule has 0 bridgehead atoms. The van der Waals surface area contributed by atoms with Crippen molar-refractivity contribution in [2.45, 2.75) is 44.9 Å². The lowest BCUT2D eigenvalue weighted by atomic mass is 9.95. The van der Waals surface area contributed by atoms with Gasteiger partial charge in [0.2, 0.25) is 11.9 Å². The predicted molar refractivity (Wildman–Crippen MR) is 163 cm³/mol. The Morgan fingerprint density at radius 3 is 2.23 bits per heavy atom. The van der Waals surface area contributed by atoms with Crippen molar-refractivity contribution in [1.82, 2.24) is 14.9 Å². The van der Waals surface area contributed by atoms with E-state index in [4.69, 9.17) is 0 Å². The summed E-state index contributed by atoms with van der Waals surface area (Å²) in [6, 6.07) is 17.5. The molecule has 230 valence electrons. The maximum atomic E-state index is 13.5. The first-order valence-corrected chi connectivity index (χ1v) is 15.0. The van der Waals surface area contributed by atoms with Gasteiger partial charge >= 0.3 is 6.18 Å². The number of likely N-dealkylation sites (tertiary alicyclic amines) is 1. The minimum absolute atomic E-state index is 0.0142. The van der Waals surface area contributed by atoms with Gasteiger partial charge in [0, 0.05) is 43.2 Å². The molecule has 3 aromatic carbocycles. The maximum Gasteiger partial charge on any atom is 0.416 e. The Kier molecular flexibility index (Phi) is 8.65. The van der Waals surface area contributed by atoms with Gasteiger partial charge in [-0.3, -0.25) is 9.69 Å². The summed E-state index contributed by atoms with van der Waals surface area (Å²) in [5, 5.41) is 6.56. The molecule has 3 heterocycles.